The molecular formula is C20H31N3O. The van der Waals surface area contributed by atoms with Crippen LogP contribution in [-0.2, 0) is 0 Å². The van der Waals surface area contributed by atoms with E-state index in [-0.39, 0.29) is 5.75 Å². The Morgan fingerprint density at radius 1 is 1.04 bits per heavy atom. The molecule has 0 aromatic heterocycles. The highest BCUT2D eigenvalue weighted by Gasteiger charge is 2.22. The quantitative estimate of drug-likeness (QED) is 0.558. The third-order valence-corrected chi connectivity index (χ3v) is 5.42. The van der Waals surface area contributed by atoms with Gasteiger partial charge in [-0.25, -0.2) is 4.99 Å². The van der Waals surface area contributed by atoms with Gasteiger partial charge in [0, 0.05) is 17.8 Å². The van der Waals surface area contributed by atoms with Gasteiger partial charge in [-0.1, -0.05) is 45.1 Å². The second-order valence-corrected chi connectivity index (χ2v) is 7.46. The molecule has 132 valence electrons. The monoisotopic (exact) mass is 329 g/mol. The van der Waals surface area contributed by atoms with Crippen molar-refractivity contribution in [1.29, 1.82) is 0 Å². The maximum Gasteiger partial charge on any atom is 0.196 e. The molecule has 1 aromatic carbocycles. The summed E-state index contributed by atoms with van der Waals surface area (Å²) < 4.78 is 0. The summed E-state index contributed by atoms with van der Waals surface area (Å²) in [6.45, 7) is 2.32. The molecule has 3 rings (SSSR count). The summed E-state index contributed by atoms with van der Waals surface area (Å²) in [7, 11) is 0. The van der Waals surface area contributed by atoms with Gasteiger partial charge in [-0.2, -0.15) is 0 Å². The van der Waals surface area contributed by atoms with Gasteiger partial charge in [-0.3, -0.25) is 0 Å². The standard InChI is InChI=1S/C20H31N3O/c1-15-8-5-6-13-19(15)23-20(21-16-9-3-2-4-10-16)22-17-11-7-12-18(24)14-17/h7,11-12,14-16,19,24H,2-6,8-10,13H2,1H3,(H2,21,22,23). The van der Waals surface area contributed by atoms with Crippen molar-refractivity contribution >= 4 is 11.6 Å². The van der Waals surface area contributed by atoms with Crippen LogP contribution in [0.1, 0.15) is 64.7 Å². The lowest BCUT2D eigenvalue weighted by Crippen LogP contribution is -2.41. The van der Waals surface area contributed by atoms with Gasteiger partial charge in [0.2, 0.25) is 0 Å². The van der Waals surface area contributed by atoms with Gasteiger partial charge in [0.25, 0.3) is 0 Å². The van der Waals surface area contributed by atoms with Gasteiger partial charge in [0.15, 0.2) is 5.96 Å². The average Bonchev–Trinajstić information content (AvgIpc) is 2.58. The Morgan fingerprint density at radius 2 is 1.79 bits per heavy atom. The molecule has 0 saturated heterocycles. The van der Waals surface area contributed by atoms with Crippen molar-refractivity contribution in [2.45, 2.75) is 76.8 Å². The Labute approximate surface area is 145 Å². The third-order valence-electron chi connectivity index (χ3n) is 5.42. The number of rotatable bonds is 3. The molecule has 24 heavy (non-hydrogen) atoms. The average molecular weight is 329 g/mol. The molecule has 2 fully saturated rings. The molecule has 1 aromatic rings. The second-order valence-electron chi connectivity index (χ2n) is 7.46. The first-order chi connectivity index (χ1) is 11.7. The van der Waals surface area contributed by atoms with Crippen LogP contribution >= 0.6 is 0 Å². The SMILES string of the molecule is CC1CCCCC1N=C(Nc1cccc(O)c1)NC1CCCCC1. The first-order valence-corrected chi connectivity index (χ1v) is 9.61. The molecule has 3 N–H and O–H groups in total. The number of guanidine groups is 1. The predicted molar refractivity (Wildman–Crippen MR) is 101 cm³/mol. The Kier molecular flexibility index (Phi) is 6.00. The smallest absolute Gasteiger partial charge is 0.196 e. The van der Waals surface area contributed by atoms with Crippen LogP contribution in [0.25, 0.3) is 0 Å². The van der Waals surface area contributed by atoms with Gasteiger partial charge >= 0.3 is 0 Å². The van der Waals surface area contributed by atoms with Crippen molar-refractivity contribution in [2.75, 3.05) is 5.32 Å². The molecule has 4 heteroatoms. The Bertz CT molecular complexity index is 552. The predicted octanol–water partition coefficient (Wildman–Crippen LogP) is 4.66. The van der Waals surface area contributed by atoms with Crippen LogP contribution in [0.3, 0.4) is 0 Å². The highest BCUT2D eigenvalue weighted by Crippen LogP contribution is 2.27. The van der Waals surface area contributed by atoms with Crippen LogP contribution in [0.4, 0.5) is 5.69 Å². The first-order valence-electron chi connectivity index (χ1n) is 9.61. The van der Waals surface area contributed by atoms with E-state index >= 15 is 0 Å². The number of phenols is 1. The summed E-state index contributed by atoms with van der Waals surface area (Å²) in [4.78, 5) is 5.05. The summed E-state index contributed by atoms with van der Waals surface area (Å²) in [5, 5.41) is 16.8. The van der Waals surface area contributed by atoms with E-state index in [1.165, 1.54) is 57.8 Å². The number of nitrogens with zero attached hydrogens (tertiary/aromatic N) is 1. The summed E-state index contributed by atoms with van der Waals surface area (Å²) in [6, 6.07) is 8.19. The fourth-order valence-corrected chi connectivity index (χ4v) is 3.92. The first kappa shape index (κ1) is 17.1. The van der Waals surface area contributed by atoms with E-state index in [0.29, 0.717) is 18.0 Å². The van der Waals surface area contributed by atoms with Crippen LogP contribution in [0.15, 0.2) is 29.3 Å². The minimum atomic E-state index is 0.281. The van der Waals surface area contributed by atoms with Crippen molar-refractivity contribution in [1.82, 2.24) is 5.32 Å². The summed E-state index contributed by atoms with van der Waals surface area (Å²) in [6.07, 6.45) is 11.5. The van der Waals surface area contributed by atoms with E-state index < -0.39 is 0 Å². The number of phenolic OH excluding ortho intramolecular Hbond substituents is 1. The fraction of sp³-hybridized carbons (Fsp3) is 0.650. The Hall–Kier alpha value is -1.71. The molecule has 0 amide bonds. The molecule has 4 nitrogen and oxygen atoms in total. The lowest BCUT2D eigenvalue weighted by molar-refractivity contribution is 0.331. The molecule has 2 aliphatic carbocycles. The number of aromatic hydroxyl groups is 1. The van der Waals surface area contributed by atoms with E-state index in [0.717, 1.165) is 11.6 Å². The number of hydrogen-bond acceptors (Lipinski definition) is 2. The Balaban J connectivity index is 1.73. The summed E-state index contributed by atoms with van der Waals surface area (Å²) in [5.74, 6) is 1.81. The topological polar surface area (TPSA) is 56.7 Å². The van der Waals surface area contributed by atoms with Crippen molar-refractivity contribution in [3.05, 3.63) is 24.3 Å². The molecule has 0 heterocycles. The summed E-state index contributed by atoms with van der Waals surface area (Å²) in [5.41, 5.74) is 0.889. The zero-order chi connectivity index (χ0) is 16.8. The van der Waals surface area contributed by atoms with Gasteiger partial charge in [0.05, 0.1) is 6.04 Å². The van der Waals surface area contributed by atoms with Crippen LogP contribution in [0.2, 0.25) is 0 Å². The normalized spacial score (nSPS) is 26.1. The number of anilines is 1. The molecule has 0 radical (unpaired) electrons. The van der Waals surface area contributed by atoms with Crippen molar-refractivity contribution in [3.8, 4) is 5.75 Å². The van der Waals surface area contributed by atoms with Gasteiger partial charge < -0.3 is 15.7 Å². The van der Waals surface area contributed by atoms with Crippen molar-refractivity contribution in [3.63, 3.8) is 0 Å². The van der Waals surface area contributed by atoms with Crippen LogP contribution in [0.5, 0.6) is 5.75 Å². The number of nitrogens with one attached hydrogen (secondary N) is 2. The van der Waals surface area contributed by atoms with Gasteiger partial charge in [-0.15, -0.1) is 0 Å². The molecule has 2 saturated carbocycles. The molecule has 2 unspecified atom stereocenters. The largest absolute Gasteiger partial charge is 0.508 e. The van der Waals surface area contributed by atoms with Crippen molar-refractivity contribution in [2.24, 2.45) is 10.9 Å². The minimum absolute atomic E-state index is 0.281. The summed E-state index contributed by atoms with van der Waals surface area (Å²) >= 11 is 0. The highest BCUT2D eigenvalue weighted by molar-refractivity contribution is 5.94. The zero-order valence-corrected chi connectivity index (χ0v) is 14.8. The van der Waals surface area contributed by atoms with Crippen LogP contribution in [0, 0.1) is 5.92 Å². The van der Waals surface area contributed by atoms with E-state index in [1.54, 1.807) is 12.1 Å². The fourth-order valence-electron chi connectivity index (χ4n) is 3.92. The lowest BCUT2D eigenvalue weighted by Gasteiger charge is -2.29. The van der Waals surface area contributed by atoms with Crippen molar-refractivity contribution < 1.29 is 5.11 Å². The Morgan fingerprint density at radius 3 is 2.54 bits per heavy atom. The van der Waals surface area contributed by atoms with E-state index in [4.69, 9.17) is 4.99 Å². The molecule has 2 aliphatic rings. The maximum absolute atomic E-state index is 9.71. The van der Waals surface area contributed by atoms with Gasteiger partial charge in [0.1, 0.15) is 5.75 Å². The van der Waals surface area contributed by atoms with Gasteiger partial charge in [-0.05, 0) is 43.7 Å². The molecule has 2 atom stereocenters. The second kappa shape index (κ2) is 8.41. The lowest BCUT2D eigenvalue weighted by atomic mass is 9.86. The molecular weight excluding hydrogens is 298 g/mol. The zero-order valence-electron chi connectivity index (χ0n) is 14.8. The molecule has 0 aliphatic heterocycles. The molecule has 0 spiro atoms. The number of hydrogen-bond donors (Lipinski definition) is 3. The van der Waals surface area contributed by atoms with Crippen LogP contribution < -0.4 is 10.6 Å². The van der Waals surface area contributed by atoms with E-state index in [9.17, 15) is 5.11 Å². The highest BCUT2D eigenvalue weighted by atomic mass is 16.3. The third kappa shape index (κ3) is 4.89. The van der Waals surface area contributed by atoms with E-state index in [1.807, 2.05) is 12.1 Å². The minimum Gasteiger partial charge on any atom is -0.508 e. The van der Waals surface area contributed by atoms with E-state index in [2.05, 4.69) is 17.6 Å². The number of benzene rings is 1. The van der Waals surface area contributed by atoms with Crippen LogP contribution in [-0.4, -0.2) is 23.1 Å². The number of aliphatic imine (C=N–C) groups is 1. The maximum atomic E-state index is 9.71. The molecule has 0 bridgehead atoms.